The molecule has 0 radical (unpaired) electrons. The normalized spacial score (nSPS) is 11.6. The van der Waals surface area contributed by atoms with Crippen molar-refractivity contribution in [2.45, 2.75) is 35.6 Å². The summed E-state index contributed by atoms with van der Waals surface area (Å²) in [4.78, 5) is 13.8. The van der Waals surface area contributed by atoms with Gasteiger partial charge >= 0.3 is 5.13 Å². The molecule has 0 spiro atoms. The van der Waals surface area contributed by atoms with Crippen molar-refractivity contribution < 1.29 is 9.34 Å². The van der Waals surface area contributed by atoms with E-state index in [9.17, 15) is 10.1 Å². The summed E-state index contributed by atoms with van der Waals surface area (Å²) in [6, 6.07) is 7.97. The van der Waals surface area contributed by atoms with Crippen LogP contribution in [-0.2, 0) is 5.41 Å². The Labute approximate surface area is 146 Å². The van der Waals surface area contributed by atoms with Gasteiger partial charge in [0.15, 0.2) is 6.20 Å². The molecule has 0 bridgehead atoms. The molecule has 0 unspecified atom stereocenters. The molecule has 3 rings (SSSR count). The monoisotopic (exact) mass is 362 g/mol. The maximum absolute atomic E-state index is 10.6. The molecule has 7 nitrogen and oxygen atoms in total. The number of hydrogen-bond donors (Lipinski definition) is 0. The average molecular weight is 362 g/mol. The van der Waals surface area contributed by atoms with Gasteiger partial charge in [0.25, 0.3) is 5.22 Å². The first-order valence-corrected chi connectivity index (χ1v) is 8.69. The zero-order chi connectivity index (χ0) is 17.3. The minimum Gasteiger partial charge on any atom is -0.411 e. The molecule has 0 saturated carbocycles. The fourth-order valence-corrected chi connectivity index (χ4v) is 3.50. The summed E-state index contributed by atoms with van der Waals surface area (Å²) < 4.78 is 6.24. The van der Waals surface area contributed by atoms with E-state index in [0.29, 0.717) is 15.3 Å². The molecule has 0 amide bonds. The molecule has 9 heteroatoms. The highest BCUT2D eigenvalue weighted by atomic mass is 32.2. The van der Waals surface area contributed by atoms with E-state index in [1.807, 2.05) is 24.3 Å². The minimum atomic E-state index is -0.523. The Balaban J connectivity index is 1.76. The van der Waals surface area contributed by atoms with Gasteiger partial charge in [0.2, 0.25) is 5.89 Å². The Hall–Kier alpha value is -2.26. The fraction of sp³-hybridized carbons (Fsp3) is 0.267. The van der Waals surface area contributed by atoms with Gasteiger partial charge in [-0.05, 0) is 56.1 Å². The van der Waals surface area contributed by atoms with Gasteiger partial charge in [-0.1, -0.05) is 32.9 Å². The summed E-state index contributed by atoms with van der Waals surface area (Å²) in [5.74, 6) is 0.414. The first-order chi connectivity index (χ1) is 11.3. The second kappa shape index (κ2) is 6.33. The number of rotatable bonds is 4. The molecule has 0 aliphatic carbocycles. The molecule has 1 aromatic carbocycles. The van der Waals surface area contributed by atoms with E-state index in [1.165, 1.54) is 11.8 Å². The number of nitrogens with zero attached hydrogens (tertiary/aromatic N) is 4. The van der Waals surface area contributed by atoms with Gasteiger partial charge in [0, 0.05) is 5.56 Å². The lowest BCUT2D eigenvalue weighted by atomic mass is 9.87. The van der Waals surface area contributed by atoms with Crippen LogP contribution in [0.25, 0.3) is 11.5 Å². The van der Waals surface area contributed by atoms with E-state index in [0.717, 1.165) is 28.7 Å². The third-order valence-electron chi connectivity index (χ3n) is 3.22. The van der Waals surface area contributed by atoms with Crippen molar-refractivity contribution in [2.75, 3.05) is 0 Å². The molecule has 0 aliphatic rings. The van der Waals surface area contributed by atoms with Gasteiger partial charge in [0.05, 0.1) is 0 Å². The first-order valence-electron chi connectivity index (χ1n) is 7.05. The third kappa shape index (κ3) is 3.62. The van der Waals surface area contributed by atoms with Gasteiger partial charge in [0.1, 0.15) is 4.21 Å². The maximum atomic E-state index is 10.6. The molecular formula is C15H14N4O3S2. The Kier molecular flexibility index (Phi) is 4.37. The van der Waals surface area contributed by atoms with Gasteiger partial charge in [-0.3, -0.25) is 0 Å². The van der Waals surface area contributed by atoms with Crippen LogP contribution >= 0.6 is 23.1 Å². The lowest BCUT2D eigenvalue weighted by Crippen LogP contribution is -2.10. The van der Waals surface area contributed by atoms with Crippen molar-refractivity contribution in [1.82, 2.24) is 15.2 Å². The molecule has 2 heterocycles. The lowest BCUT2D eigenvalue weighted by Gasteiger charge is -2.18. The van der Waals surface area contributed by atoms with Crippen LogP contribution in [0.1, 0.15) is 26.3 Å². The van der Waals surface area contributed by atoms with Crippen molar-refractivity contribution in [3.63, 3.8) is 0 Å². The summed E-state index contributed by atoms with van der Waals surface area (Å²) in [6.07, 6.45) is 1.43. The molecule has 2 aromatic heterocycles. The van der Waals surface area contributed by atoms with Crippen LogP contribution in [0, 0.1) is 10.1 Å². The SMILES string of the molecule is CC(C)(C)c1ccc(-c2nnc(Sc3cnc([N+](=O)[O-])s3)o2)cc1. The highest BCUT2D eigenvalue weighted by Crippen LogP contribution is 2.35. The Bertz CT molecular complexity index is 865. The quantitative estimate of drug-likeness (QED) is 0.496. The predicted molar refractivity (Wildman–Crippen MR) is 91.3 cm³/mol. The van der Waals surface area contributed by atoms with Crippen LogP contribution in [0.5, 0.6) is 0 Å². The van der Waals surface area contributed by atoms with Gasteiger partial charge < -0.3 is 14.5 Å². The van der Waals surface area contributed by atoms with Crippen LogP contribution in [0.2, 0.25) is 0 Å². The number of thiazole rings is 1. The average Bonchev–Trinajstić information content (AvgIpc) is 3.16. The first kappa shape index (κ1) is 16.6. The molecule has 24 heavy (non-hydrogen) atoms. The summed E-state index contributed by atoms with van der Waals surface area (Å²) in [7, 11) is 0. The van der Waals surface area contributed by atoms with Gasteiger partial charge in [-0.15, -0.1) is 10.2 Å². The Morgan fingerprint density at radius 1 is 1.21 bits per heavy atom. The van der Waals surface area contributed by atoms with E-state index in [4.69, 9.17) is 4.42 Å². The highest BCUT2D eigenvalue weighted by Gasteiger charge is 2.18. The van der Waals surface area contributed by atoms with Crippen molar-refractivity contribution in [3.8, 4) is 11.5 Å². The zero-order valence-electron chi connectivity index (χ0n) is 13.2. The second-order valence-corrected chi connectivity index (χ2v) is 8.28. The maximum Gasteiger partial charge on any atom is 0.424 e. The number of nitro groups is 1. The standard InChI is InChI=1S/C15H14N4O3S2/c1-15(2,3)10-6-4-9(5-7-10)12-17-18-14(22-12)24-11-8-16-13(23-11)19(20)21/h4-8H,1-3H3. The van der Waals surface area contributed by atoms with Crippen molar-refractivity contribution >= 4 is 28.2 Å². The van der Waals surface area contributed by atoms with Crippen LogP contribution in [0.4, 0.5) is 5.13 Å². The van der Waals surface area contributed by atoms with Crippen molar-refractivity contribution in [3.05, 3.63) is 46.1 Å². The predicted octanol–water partition coefficient (Wildman–Crippen LogP) is 4.55. The van der Waals surface area contributed by atoms with Crippen LogP contribution < -0.4 is 0 Å². The van der Waals surface area contributed by atoms with Crippen molar-refractivity contribution in [1.29, 1.82) is 0 Å². The molecule has 0 fully saturated rings. The lowest BCUT2D eigenvalue weighted by molar-refractivity contribution is -0.384. The van der Waals surface area contributed by atoms with E-state index < -0.39 is 4.92 Å². The zero-order valence-corrected chi connectivity index (χ0v) is 14.8. The topological polar surface area (TPSA) is 95.0 Å². The van der Waals surface area contributed by atoms with Gasteiger partial charge in [-0.2, -0.15) is 0 Å². The molecular weight excluding hydrogens is 348 g/mol. The second-order valence-electron chi connectivity index (χ2n) is 6.02. The number of hydrogen-bond acceptors (Lipinski definition) is 8. The van der Waals surface area contributed by atoms with Gasteiger partial charge in [-0.25, -0.2) is 0 Å². The van der Waals surface area contributed by atoms with Crippen LogP contribution in [0.15, 0.2) is 44.3 Å². The molecule has 3 aromatic rings. The number of benzene rings is 1. The molecule has 0 N–H and O–H groups in total. The van der Waals surface area contributed by atoms with E-state index in [1.54, 1.807) is 0 Å². The summed E-state index contributed by atoms with van der Waals surface area (Å²) in [6.45, 7) is 6.45. The smallest absolute Gasteiger partial charge is 0.411 e. The van der Waals surface area contributed by atoms with E-state index in [-0.39, 0.29) is 10.5 Å². The minimum absolute atomic E-state index is 0.0786. The Morgan fingerprint density at radius 2 is 1.92 bits per heavy atom. The van der Waals surface area contributed by atoms with Crippen LogP contribution in [0.3, 0.4) is 0 Å². The largest absolute Gasteiger partial charge is 0.424 e. The summed E-state index contributed by atoms with van der Waals surface area (Å²) in [5.41, 5.74) is 2.13. The third-order valence-corrected chi connectivity index (χ3v) is 5.11. The molecule has 0 aliphatic heterocycles. The molecule has 0 atom stereocenters. The van der Waals surface area contributed by atoms with Crippen LogP contribution in [-0.4, -0.2) is 20.1 Å². The van der Waals surface area contributed by atoms with Crippen molar-refractivity contribution in [2.24, 2.45) is 0 Å². The molecule has 124 valence electrons. The Morgan fingerprint density at radius 3 is 2.50 bits per heavy atom. The highest BCUT2D eigenvalue weighted by molar-refractivity contribution is 8.01. The van der Waals surface area contributed by atoms with E-state index >= 15 is 0 Å². The summed E-state index contributed by atoms with van der Waals surface area (Å²) >= 11 is 2.13. The molecule has 0 saturated heterocycles. The van der Waals surface area contributed by atoms with E-state index in [2.05, 4.69) is 36.0 Å². The number of aromatic nitrogens is 3. The summed E-state index contributed by atoms with van der Waals surface area (Å²) in [5, 5.41) is 18.8. The fourth-order valence-electron chi connectivity index (χ4n) is 1.95.